The van der Waals surface area contributed by atoms with Gasteiger partial charge in [0.05, 0.1) is 12.6 Å². The number of ether oxygens (including phenoxy) is 1. The summed E-state index contributed by atoms with van der Waals surface area (Å²) >= 11 is 0. The standard InChI is InChI=1S/C25H32N2O4/c1-25(2,3)31-24(30)27-16-20(19-12-8-5-9-13-19)15-22(27)23(29)26-21(17-28)14-18-10-6-4-7-11-18/h4-13,20-22,28H,14-17H2,1-3H3,(H,26,29)/t20-,21?,22-/m0/s1. The van der Waals surface area contributed by atoms with E-state index in [1.807, 2.05) is 81.4 Å². The second-order valence-electron chi connectivity index (χ2n) is 9.07. The van der Waals surface area contributed by atoms with Gasteiger partial charge < -0.3 is 15.2 Å². The lowest BCUT2D eigenvalue weighted by atomic mass is 9.96. The van der Waals surface area contributed by atoms with Crippen LogP contribution in [0.4, 0.5) is 4.79 Å². The van der Waals surface area contributed by atoms with E-state index in [4.69, 9.17) is 4.74 Å². The van der Waals surface area contributed by atoms with E-state index in [-0.39, 0.29) is 18.4 Å². The zero-order valence-corrected chi connectivity index (χ0v) is 18.5. The topological polar surface area (TPSA) is 78.9 Å². The number of nitrogens with zero attached hydrogens (tertiary/aromatic N) is 1. The highest BCUT2D eigenvalue weighted by molar-refractivity contribution is 5.86. The molecule has 6 heteroatoms. The number of hydrogen-bond acceptors (Lipinski definition) is 4. The second kappa shape index (κ2) is 9.96. The van der Waals surface area contributed by atoms with Crippen LogP contribution in [0.3, 0.4) is 0 Å². The van der Waals surface area contributed by atoms with Crippen LogP contribution in [-0.2, 0) is 16.0 Å². The van der Waals surface area contributed by atoms with Crippen LogP contribution in [0.2, 0.25) is 0 Å². The van der Waals surface area contributed by atoms with Crippen molar-refractivity contribution in [1.82, 2.24) is 10.2 Å². The van der Waals surface area contributed by atoms with Gasteiger partial charge in [-0.05, 0) is 44.7 Å². The van der Waals surface area contributed by atoms with Crippen LogP contribution in [0.5, 0.6) is 0 Å². The molecule has 0 saturated carbocycles. The van der Waals surface area contributed by atoms with Crippen LogP contribution in [0.15, 0.2) is 60.7 Å². The molecule has 1 heterocycles. The number of nitrogens with one attached hydrogen (secondary N) is 1. The number of amides is 2. The lowest BCUT2D eigenvalue weighted by molar-refractivity contribution is -0.126. The minimum Gasteiger partial charge on any atom is -0.444 e. The summed E-state index contributed by atoms with van der Waals surface area (Å²) in [6.07, 6.45) is 0.540. The molecule has 1 aliphatic rings. The summed E-state index contributed by atoms with van der Waals surface area (Å²) in [6.45, 7) is 5.67. The van der Waals surface area contributed by atoms with E-state index in [1.54, 1.807) is 0 Å². The van der Waals surface area contributed by atoms with Gasteiger partial charge in [0.1, 0.15) is 11.6 Å². The van der Waals surface area contributed by atoms with Crippen molar-refractivity contribution in [2.75, 3.05) is 13.2 Å². The van der Waals surface area contributed by atoms with E-state index >= 15 is 0 Å². The molecule has 2 aromatic carbocycles. The zero-order valence-electron chi connectivity index (χ0n) is 18.5. The zero-order chi connectivity index (χ0) is 22.4. The van der Waals surface area contributed by atoms with Gasteiger partial charge in [0.25, 0.3) is 0 Å². The van der Waals surface area contributed by atoms with Gasteiger partial charge in [0, 0.05) is 12.5 Å². The Morgan fingerprint density at radius 3 is 2.29 bits per heavy atom. The predicted molar refractivity (Wildman–Crippen MR) is 120 cm³/mol. The summed E-state index contributed by atoms with van der Waals surface area (Å²) in [7, 11) is 0. The Labute approximate surface area is 184 Å². The van der Waals surface area contributed by atoms with Gasteiger partial charge in [-0.1, -0.05) is 60.7 Å². The number of carbonyl (C=O) groups is 2. The minimum atomic E-state index is -0.649. The number of likely N-dealkylation sites (tertiary alicyclic amines) is 1. The Hall–Kier alpha value is -2.86. The van der Waals surface area contributed by atoms with E-state index < -0.39 is 23.8 Å². The number of carbonyl (C=O) groups excluding carboxylic acids is 2. The fraction of sp³-hybridized carbons (Fsp3) is 0.440. The summed E-state index contributed by atoms with van der Waals surface area (Å²) in [5, 5.41) is 12.8. The number of rotatable bonds is 6. The van der Waals surface area contributed by atoms with Crippen LogP contribution in [0, 0.1) is 0 Å². The quantitative estimate of drug-likeness (QED) is 0.744. The molecule has 0 aromatic heterocycles. The number of hydrogen-bond donors (Lipinski definition) is 2. The van der Waals surface area contributed by atoms with Crippen LogP contribution >= 0.6 is 0 Å². The van der Waals surface area contributed by atoms with Gasteiger partial charge in [0.2, 0.25) is 5.91 Å². The summed E-state index contributed by atoms with van der Waals surface area (Å²) in [5.74, 6) is -0.217. The van der Waals surface area contributed by atoms with E-state index in [0.717, 1.165) is 11.1 Å². The fourth-order valence-electron chi connectivity index (χ4n) is 3.93. The maximum atomic E-state index is 13.2. The maximum absolute atomic E-state index is 13.2. The normalized spacial score (nSPS) is 19.7. The lowest BCUT2D eigenvalue weighted by Gasteiger charge is -2.29. The third-order valence-electron chi connectivity index (χ3n) is 5.39. The minimum absolute atomic E-state index is 0.0474. The third-order valence-corrected chi connectivity index (χ3v) is 5.39. The van der Waals surface area contributed by atoms with E-state index in [2.05, 4.69) is 5.32 Å². The van der Waals surface area contributed by atoms with Gasteiger partial charge in [0.15, 0.2) is 0 Å². The first-order chi connectivity index (χ1) is 14.8. The number of aliphatic hydroxyl groups is 1. The van der Waals surface area contributed by atoms with Gasteiger partial charge in [-0.3, -0.25) is 9.69 Å². The first kappa shape index (κ1) is 22.8. The Balaban J connectivity index is 1.75. The SMILES string of the molecule is CC(C)(C)OC(=O)N1C[C@@H](c2ccccc2)C[C@H]1C(=O)NC(CO)Cc1ccccc1. The predicted octanol–water partition coefficient (Wildman–Crippen LogP) is 3.50. The molecule has 1 fully saturated rings. The molecule has 1 saturated heterocycles. The molecule has 0 radical (unpaired) electrons. The molecule has 2 N–H and O–H groups in total. The highest BCUT2D eigenvalue weighted by Crippen LogP contribution is 2.33. The summed E-state index contributed by atoms with van der Waals surface area (Å²) in [6, 6.07) is 18.5. The monoisotopic (exact) mass is 424 g/mol. The number of aliphatic hydroxyl groups excluding tert-OH is 1. The molecule has 3 rings (SSSR count). The second-order valence-corrected chi connectivity index (χ2v) is 9.07. The van der Waals surface area contributed by atoms with Crippen molar-refractivity contribution in [3.63, 3.8) is 0 Å². The molecule has 2 amide bonds. The van der Waals surface area contributed by atoms with E-state index in [1.165, 1.54) is 4.90 Å². The highest BCUT2D eigenvalue weighted by atomic mass is 16.6. The molecule has 3 atom stereocenters. The highest BCUT2D eigenvalue weighted by Gasteiger charge is 2.42. The molecular weight excluding hydrogens is 392 g/mol. The Morgan fingerprint density at radius 2 is 1.71 bits per heavy atom. The largest absolute Gasteiger partial charge is 0.444 e. The molecular formula is C25H32N2O4. The Bertz CT molecular complexity index is 864. The first-order valence-corrected chi connectivity index (χ1v) is 10.8. The Morgan fingerprint density at radius 1 is 1.10 bits per heavy atom. The summed E-state index contributed by atoms with van der Waals surface area (Å²) < 4.78 is 5.57. The van der Waals surface area contributed by atoms with Crippen molar-refractivity contribution in [1.29, 1.82) is 0 Å². The molecule has 2 aromatic rings. The molecule has 0 spiro atoms. The molecule has 166 valence electrons. The van der Waals surface area contributed by atoms with Gasteiger partial charge in [-0.25, -0.2) is 4.79 Å². The molecule has 0 aliphatic carbocycles. The van der Waals surface area contributed by atoms with Crippen LogP contribution in [-0.4, -0.2) is 52.8 Å². The lowest BCUT2D eigenvalue weighted by Crippen LogP contribution is -2.51. The Kier molecular flexibility index (Phi) is 7.33. The van der Waals surface area contributed by atoms with Crippen LogP contribution in [0.1, 0.15) is 44.2 Å². The molecule has 1 aliphatic heterocycles. The van der Waals surface area contributed by atoms with Gasteiger partial charge in [-0.2, -0.15) is 0 Å². The first-order valence-electron chi connectivity index (χ1n) is 10.8. The molecule has 0 bridgehead atoms. The average Bonchev–Trinajstić information content (AvgIpc) is 3.19. The van der Waals surface area contributed by atoms with Crippen molar-refractivity contribution < 1.29 is 19.4 Å². The van der Waals surface area contributed by atoms with E-state index in [0.29, 0.717) is 19.4 Å². The summed E-state index contributed by atoms with van der Waals surface area (Å²) in [5.41, 5.74) is 1.47. The maximum Gasteiger partial charge on any atom is 0.410 e. The van der Waals surface area contributed by atoms with Crippen molar-refractivity contribution in [2.24, 2.45) is 0 Å². The molecule has 1 unspecified atom stereocenters. The fourth-order valence-corrected chi connectivity index (χ4v) is 3.93. The summed E-state index contributed by atoms with van der Waals surface area (Å²) in [4.78, 5) is 27.6. The number of benzene rings is 2. The van der Waals surface area contributed by atoms with Gasteiger partial charge in [-0.15, -0.1) is 0 Å². The van der Waals surface area contributed by atoms with Crippen LogP contribution < -0.4 is 5.32 Å². The van der Waals surface area contributed by atoms with Crippen molar-refractivity contribution >= 4 is 12.0 Å². The van der Waals surface area contributed by atoms with Crippen LogP contribution in [0.25, 0.3) is 0 Å². The smallest absolute Gasteiger partial charge is 0.410 e. The molecule has 31 heavy (non-hydrogen) atoms. The van der Waals surface area contributed by atoms with Crippen molar-refractivity contribution in [3.05, 3.63) is 71.8 Å². The third kappa shape index (κ3) is 6.31. The molecule has 6 nitrogen and oxygen atoms in total. The van der Waals surface area contributed by atoms with E-state index in [9.17, 15) is 14.7 Å². The average molecular weight is 425 g/mol. The van der Waals surface area contributed by atoms with Gasteiger partial charge >= 0.3 is 6.09 Å². The van der Waals surface area contributed by atoms with Crippen molar-refractivity contribution in [2.45, 2.75) is 57.2 Å². The van der Waals surface area contributed by atoms with Crippen molar-refractivity contribution in [3.8, 4) is 0 Å².